The van der Waals surface area contributed by atoms with Crippen molar-refractivity contribution < 1.29 is 38.2 Å². The lowest BCUT2D eigenvalue weighted by atomic mass is 10.0. The van der Waals surface area contributed by atoms with Crippen LogP contribution in [0.2, 0.25) is 0 Å². The highest BCUT2D eigenvalue weighted by Gasteiger charge is 2.25. The Hall–Kier alpha value is -2.45. The van der Waals surface area contributed by atoms with Crippen molar-refractivity contribution in [1.82, 2.24) is 0 Å². The van der Waals surface area contributed by atoms with Crippen molar-refractivity contribution in [3.8, 4) is 0 Å². The lowest BCUT2D eigenvalue weighted by Crippen LogP contribution is -2.55. The van der Waals surface area contributed by atoms with Crippen molar-refractivity contribution in [2.45, 2.75) is 206 Å². The molecule has 55 heavy (non-hydrogen) atoms. The van der Waals surface area contributed by atoms with Crippen LogP contribution in [0.5, 0.6) is 0 Å². The molecule has 0 bridgehead atoms. The van der Waals surface area contributed by atoms with Crippen LogP contribution >= 0.6 is 0 Å². The first-order chi connectivity index (χ1) is 26.6. The number of carboxylic acid groups (broad SMARTS) is 1. The number of carboxylic acids is 1. The van der Waals surface area contributed by atoms with Gasteiger partial charge in [-0.05, 0) is 25.7 Å². The molecule has 0 aromatic carbocycles. The molecule has 0 aliphatic heterocycles. The molecule has 8 nitrogen and oxygen atoms in total. The van der Waals surface area contributed by atoms with E-state index < -0.39 is 24.1 Å². The number of rotatable bonds is 40. The number of esters is 2. The Morgan fingerprint density at radius 3 is 1.44 bits per heavy atom. The van der Waals surface area contributed by atoms with Crippen LogP contribution in [-0.2, 0) is 28.6 Å². The Labute approximate surface area is 338 Å². The smallest absolute Gasteiger partial charge is 0.309 e. The normalized spacial score (nSPS) is 13.3. The summed E-state index contributed by atoms with van der Waals surface area (Å²) in [7, 11) is 5.38. The minimum atomic E-state index is -1.13. The lowest BCUT2D eigenvalue weighted by Gasteiger charge is -2.34. The van der Waals surface area contributed by atoms with Crippen molar-refractivity contribution in [3.63, 3.8) is 0 Å². The fourth-order valence-electron chi connectivity index (χ4n) is 6.60. The zero-order chi connectivity index (χ0) is 40.7. The van der Waals surface area contributed by atoms with Crippen LogP contribution < -0.4 is 5.11 Å². The minimum absolute atomic E-state index is 0.0163. The SMILES string of the molecule is CC/C=C/C/C=C/C/C=C/CC(=O)OCC(COCCC(C(=O)[O-])[N+](C)(C)C)OC(=O)CCCCCCCCCCCCCCCCCCCCCCCC. The van der Waals surface area contributed by atoms with Gasteiger partial charge in [0, 0.05) is 12.8 Å². The zero-order valence-electron chi connectivity index (χ0n) is 36.3. The summed E-state index contributed by atoms with van der Waals surface area (Å²) in [6.07, 6.45) is 43.7. The van der Waals surface area contributed by atoms with Gasteiger partial charge in [-0.25, -0.2) is 0 Å². The highest BCUT2D eigenvalue weighted by molar-refractivity contribution is 5.71. The number of unbranched alkanes of at least 4 members (excludes halogenated alkanes) is 21. The number of quaternary nitrogens is 1. The summed E-state index contributed by atoms with van der Waals surface area (Å²) >= 11 is 0. The summed E-state index contributed by atoms with van der Waals surface area (Å²) in [6.45, 7) is 4.45. The van der Waals surface area contributed by atoms with Crippen LogP contribution in [-0.4, -0.2) is 75.5 Å². The third-order valence-corrected chi connectivity index (χ3v) is 10.1. The van der Waals surface area contributed by atoms with Crippen LogP contribution in [0.3, 0.4) is 0 Å². The second-order valence-electron chi connectivity index (χ2n) is 16.3. The summed E-state index contributed by atoms with van der Waals surface area (Å²) in [5, 5.41) is 11.6. The number of carbonyl (C=O) groups is 3. The number of carbonyl (C=O) groups excluding carboxylic acids is 3. The molecule has 0 fully saturated rings. The molecule has 0 aromatic heterocycles. The summed E-state index contributed by atoms with van der Waals surface area (Å²) < 4.78 is 17.0. The van der Waals surface area contributed by atoms with Gasteiger partial charge in [-0.3, -0.25) is 9.59 Å². The average molecular weight is 776 g/mol. The van der Waals surface area contributed by atoms with E-state index in [-0.39, 0.29) is 43.1 Å². The molecule has 8 heteroatoms. The Morgan fingerprint density at radius 1 is 0.564 bits per heavy atom. The molecule has 0 heterocycles. The first-order valence-electron chi connectivity index (χ1n) is 22.5. The molecule has 0 aliphatic carbocycles. The molecule has 2 unspecified atom stereocenters. The largest absolute Gasteiger partial charge is 0.544 e. The maximum atomic E-state index is 12.7. The number of ether oxygens (including phenoxy) is 3. The van der Waals surface area contributed by atoms with Gasteiger partial charge in [-0.2, -0.15) is 0 Å². The maximum Gasteiger partial charge on any atom is 0.309 e. The van der Waals surface area contributed by atoms with Gasteiger partial charge in [0.25, 0.3) is 0 Å². The summed E-state index contributed by atoms with van der Waals surface area (Å²) in [4.78, 5) is 36.7. The molecule has 0 N–H and O–H groups in total. The third kappa shape index (κ3) is 36.9. The highest BCUT2D eigenvalue weighted by Crippen LogP contribution is 2.16. The van der Waals surface area contributed by atoms with Gasteiger partial charge in [0.05, 0.1) is 46.7 Å². The molecule has 0 radical (unpaired) electrons. The first kappa shape index (κ1) is 52.6. The van der Waals surface area contributed by atoms with Gasteiger partial charge in [-0.15, -0.1) is 0 Å². The number of aliphatic carboxylic acids is 1. The van der Waals surface area contributed by atoms with Crippen molar-refractivity contribution >= 4 is 17.9 Å². The molecule has 0 spiro atoms. The van der Waals surface area contributed by atoms with E-state index in [1.807, 2.05) is 6.08 Å². The number of nitrogens with zero attached hydrogens (tertiary/aromatic N) is 1. The van der Waals surface area contributed by atoms with E-state index in [4.69, 9.17) is 14.2 Å². The van der Waals surface area contributed by atoms with Gasteiger partial charge in [0.1, 0.15) is 12.6 Å². The van der Waals surface area contributed by atoms with E-state index in [1.54, 1.807) is 27.2 Å². The average Bonchev–Trinajstić information content (AvgIpc) is 3.14. The Balaban J connectivity index is 4.21. The number of allylic oxidation sites excluding steroid dienone is 5. The number of likely N-dealkylation sites (N-methyl/N-ethyl adjacent to an activating group) is 1. The molecular weight excluding hydrogens is 691 g/mol. The molecular formula is C47H85NO7. The second kappa shape index (κ2) is 38.4. The van der Waals surface area contributed by atoms with E-state index in [2.05, 4.69) is 38.2 Å². The van der Waals surface area contributed by atoms with Crippen molar-refractivity contribution in [3.05, 3.63) is 36.5 Å². The van der Waals surface area contributed by atoms with Crippen LogP contribution in [0, 0.1) is 0 Å². The topological polar surface area (TPSA) is 102 Å². The van der Waals surface area contributed by atoms with Crippen LogP contribution in [0.15, 0.2) is 36.5 Å². The fraction of sp³-hybridized carbons (Fsp3) is 0.809. The molecule has 0 rings (SSSR count). The summed E-state index contributed by atoms with van der Waals surface area (Å²) in [6, 6.07) is -0.734. The molecule has 0 amide bonds. The second-order valence-corrected chi connectivity index (χ2v) is 16.3. The van der Waals surface area contributed by atoms with E-state index in [1.165, 1.54) is 122 Å². The van der Waals surface area contributed by atoms with Gasteiger partial charge in [-0.1, -0.05) is 185 Å². The monoisotopic (exact) mass is 776 g/mol. The zero-order valence-corrected chi connectivity index (χ0v) is 36.3. The van der Waals surface area contributed by atoms with Gasteiger partial charge in [0.15, 0.2) is 6.10 Å². The lowest BCUT2D eigenvalue weighted by molar-refractivity contribution is -0.889. The number of hydrogen-bond acceptors (Lipinski definition) is 7. The molecule has 2 atom stereocenters. The van der Waals surface area contributed by atoms with Crippen molar-refractivity contribution in [2.24, 2.45) is 0 Å². The Morgan fingerprint density at radius 2 is 1.00 bits per heavy atom. The standard InChI is InChI=1S/C47H85NO7/c1-6-8-10-12-14-16-17-18-19-20-21-22-23-24-25-26-27-28-30-32-34-36-38-46(50)55-43(41-53-40-39-44(47(51)52)48(3,4)5)42-54-45(49)37-35-33-31-29-15-13-11-9-7-2/h9,11,15,29,33,35,43-44H,6-8,10,12-14,16-28,30-32,34,36-42H2,1-5H3/b11-9+,29-15+,35-33+. The van der Waals surface area contributed by atoms with E-state index in [0.717, 1.165) is 38.5 Å². The fourth-order valence-corrected chi connectivity index (χ4v) is 6.60. The van der Waals surface area contributed by atoms with E-state index in [9.17, 15) is 19.5 Å². The third-order valence-electron chi connectivity index (χ3n) is 10.1. The summed E-state index contributed by atoms with van der Waals surface area (Å²) in [5.41, 5.74) is 0. The first-order valence-corrected chi connectivity index (χ1v) is 22.5. The predicted octanol–water partition coefficient (Wildman–Crippen LogP) is 10.9. The minimum Gasteiger partial charge on any atom is -0.544 e. The molecule has 320 valence electrons. The summed E-state index contributed by atoms with van der Waals surface area (Å²) in [5.74, 6) is -1.88. The Kier molecular flexibility index (Phi) is 36.7. The quantitative estimate of drug-likeness (QED) is 0.0264. The predicted molar refractivity (Wildman–Crippen MR) is 227 cm³/mol. The maximum absolute atomic E-state index is 12.7. The van der Waals surface area contributed by atoms with Crippen molar-refractivity contribution in [2.75, 3.05) is 41.0 Å². The molecule has 0 saturated heterocycles. The number of hydrogen-bond donors (Lipinski definition) is 0. The molecule has 0 aromatic rings. The van der Waals surface area contributed by atoms with Crippen LogP contribution in [0.1, 0.15) is 194 Å². The van der Waals surface area contributed by atoms with E-state index >= 15 is 0 Å². The van der Waals surface area contributed by atoms with Gasteiger partial charge < -0.3 is 28.6 Å². The highest BCUT2D eigenvalue weighted by atomic mass is 16.6. The Bertz CT molecular complexity index is 1000. The van der Waals surface area contributed by atoms with E-state index in [0.29, 0.717) is 6.42 Å². The molecule has 0 aliphatic rings. The van der Waals surface area contributed by atoms with Crippen molar-refractivity contribution in [1.29, 1.82) is 0 Å². The van der Waals surface area contributed by atoms with Crippen LogP contribution in [0.25, 0.3) is 0 Å². The van der Waals surface area contributed by atoms with Gasteiger partial charge in [0.2, 0.25) is 0 Å². The van der Waals surface area contributed by atoms with Crippen LogP contribution in [0.4, 0.5) is 0 Å². The van der Waals surface area contributed by atoms with Gasteiger partial charge >= 0.3 is 11.9 Å². The molecule has 0 saturated carbocycles.